The molecule has 0 unspecified atom stereocenters. The standard InChI is InChI=1S/C50H32/c1-3-14-33(15-4-1)38-29-39(34-16-5-2-6-17-34)31-40(30-38)49-42-21-9-11-23-44(42)50(45-24-12-10-22-43(45)49)46-25-13-19-36-28-37-27-26-35-18-7-8-20-41(35)47(37)32-48(36)46/h1-32H. The number of hydrogen-bond acceptors (Lipinski definition) is 0. The van der Waals surface area contributed by atoms with E-state index in [1.54, 1.807) is 0 Å². The molecule has 0 bridgehead atoms. The molecule has 0 heteroatoms. The second kappa shape index (κ2) is 11.6. The Kier molecular flexibility index (Phi) is 6.60. The minimum absolute atomic E-state index is 1.22. The van der Waals surface area contributed by atoms with Gasteiger partial charge < -0.3 is 0 Å². The summed E-state index contributed by atoms with van der Waals surface area (Å²) in [7, 11) is 0. The Bertz CT molecular complexity index is 2780. The summed E-state index contributed by atoms with van der Waals surface area (Å²) in [6, 6.07) is 71.4. The molecule has 0 saturated heterocycles. The Morgan fingerprint density at radius 2 is 0.660 bits per heavy atom. The molecule has 0 aliphatic carbocycles. The molecule has 10 aromatic rings. The fourth-order valence-corrected chi connectivity index (χ4v) is 8.10. The molecule has 0 heterocycles. The Hall–Kier alpha value is -6.50. The van der Waals surface area contributed by atoms with Crippen molar-refractivity contribution in [3.8, 4) is 44.5 Å². The summed E-state index contributed by atoms with van der Waals surface area (Å²) in [5, 5.41) is 12.7. The summed E-state index contributed by atoms with van der Waals surface area (Å²) in [5.74, 6) is 0. The van der Waals surface area contributed by atoms with Crippen LogP contribution >= 0.6 is 0 Å². The van der Waals surface area contributed by atoms with Gasteiger partial charge in [0.15, 0.2) is 0 Å². The van der Waals surface area contributed by atoms with Crippen molar-refractivity contribution in [3.63, 3.8) is 0 Å². The van der Waals surface area contributed by atoms with Crippen LogP contribution in [0.5, 0.6) is 0 Å². The third kappa shape index (κ3) is 4.61. The Morgan fingerprint density at radius 3 is 1.28 bits per heavy atom. The summed E-state index contributed by atoms with van der Waals surface area (Å²) in [6.07, 6.45) is 0. The van der Waals surface area contributed by atoms with Crippen molar-refractivity contribution < 1.29 is 0 Å². The second-order valence-corrected chi connectivity index (χ2v) is 13.3. The highest BCUT2D eigenvalue weighted by atomic mass is 14.2. The van der Waals surface area contributed by atoms with E-state index in [2.05, 4.69) is 194 Å². The molecular weight excluding hydrogens is 601 g/mol. The second-order valence-electron chi connectivity index (χ2n) is 13.3. The average molecular weight is 633 g/mol. The summed E-state index contributed by atoms with van der Waals surface area (Å²) in [5.41, 5.74) is 9.90. The highest BCUT2D eigenvalue weighted by molar-refractivity contribution is 6.25. The lowest BCUT2D eigenvalue weighted by Gasteiger charge is -2.20. The van der Waals surface area contributed by atoms with Crippen molar-refractivity contribution in [2.24, 2.45) is 0 Å². The predicted octanol–water partition coefficient (Wildman–Crippen LogP) is 14.1. The average Bonchev–Trinajstić information content (AvgIpc) is 3.19. The van der Waals surface area contributed by atoms with Crippen molar-refractivity contribution in [2.45, 2.75) is 0 Å². The minimum Gasteiger partial charge on any atom is -0.0622 e. The molecular formula is C50H32. The molecule has 50 heavy (non-hydrogen) atoms. The molecule has 0 spiro atoms. The molecule has 0 nitrogen and oxygen atoms in total. The lowest BCUT2D eigenvalue weighted by atomic mass is 9.83. The number of hydrogen-bond donors (Lipinski definition) is 0. The van der Waals surface area contributed by atoms with Gasteiger partial charge in [-0.15, -0.1) is 0 Å². The van der Waals surface area contributed by atoms with Crippen LogP contribution in [0.1, 0.15) is 0 Å². The minimum atomic E-state index is 1.22. The maximum absolute atomic E-state index is 2.43. The van der Waals surface area contributed by atoms with Gasteiger partial charge >= 0.3 is 0 Å². The third-order valence-electron chi connectivity index (χ3n) is 10.4. The van der Waals surface area contributed by atoms with Crippen LogP contribution in [0, 0.1) is 0 Å². The van der Waals surface area contributed by atoms with E-state index in [0.717, 1.165) is 0 Å². The van der Waals surface area contributed by atoms with Gasteiger partial charge in [0.2, 0.25) is 0 Å². The molecule has 0 aromatic heterocycles. The molecule has 0 saturated carbocycles. The first-order valence-corrected chi connectivity index (χ1v) is 17.3. The first-order valence-electron chi connectivity index (χ1n) is 17.3. The van der Waals surface area contributed by atoms with Gasteiger partial charge in [-0.2, -0.15) is 0 Å². The summed E-state index contributed by atoms with van der Waals surface area (Å²) in [4.78, 5) is 0. The van der Waals surface area contributed by atoms with Gasteiger partial charge in [-0.3, -0.25) is 0 Å². The molecule has 0 aliphatic heterocycles. The van der Waals surface area contributed by atoms with Gasteiger partial charge in [-0.25, -0.2) is 0 Å². The van der Waals surface area contributed by atoms with Crippen molar-refractivity contribution in [3.05, 3.63) is 194 Å². The lowest BCUT2D eigenvalue weighted by molar-refractivity contribution is 1.58. The van der Waals surface area contributed by atoms with Gasteiger partial charge in [0.05, 0.1) is 0 Å². The van der Waals surface area contributed by atoms with Crippen LogP contribution in [0.3, 0.4) is 0 Å². The van der Waals surface area contributed by atoms with Crippen LogP contribution in [-0.2, 0) is 0 Å². The molecule has 0 radical (unpaired) electrons. The van der Waals surface area contributed by atoms with Gasteiger partial charge in [0, 0.05) is 0 Å². The maximum Gasteiger partial charge on any atom is -0.00201 e. The van der Waals surface area contributed by atoms with E-state index >= 15 is 0 Å². The number of fused-ring (bicyclic) bond motifs is 6. The van der Waals surface area contributed by atoms with Gasteiger partial charge in [-0.05, 0) is 129 Å². The first kappa shape index (κ1) is 28.5. The van der Waals surface area contributed by atoms with Crippen molar-refractivity contribution in [2.75, 3.05) is 0 Å². The quantitative estimate of drug-likeness (QED) is 0.134. The van der Waals surface area contributed by atoms with Gasteiger partial charge in [0.1, 0.15) is 0 Å². The summed E-state index contributed by atoms with van der Waals surface area (Å²) >= 11 is 0. The fraction of sp³-hybridized carbons (Fsp3) is 0. The molecule has 10 rings (SSSR count). The molecule has 0 N–H and O–H groups in total. The van der Waals surface area contributed by atoms with E-state index in [9.17, 15) is 0 Å². The van der Waals surface area contributed by atoms with Crippen LogP contribution in [0.15, 0.2) is 194 Å². The van der Waals surface area contributed by atoms with E-state index < -0.39 is 0 Å². The Balaban J connectivity index is 1.30. The van der Waals surface area contributed by atoms with Crippen LogP contribution < -0.4 is 0 Å². The van der Waals surface area contributed by atoms with Crippen molar-refractivity contribution in [1.82, 2.24) is 0 Å². The monoisotopic (exact) mass is 632 g/mol. The molecule has 232 valence electrons. The molecule has 0 fully saturated rings. The van der Waals surface area contributed by atoms with Crippen LogP contribution in [0.25, 0.3) is 98.4 Å². The van der Waals surface area contributed by atoms with E-state index in [0.29, 0.717) is 0 Å². The SMILES string of the molecule is c1ccc(-c2cc(-c3ccccc3)cc(-c3c4ccccc4c(-c4cccc5cc6ccc7ccccc7c6cc45)c4ccccc34)c2)cc1. The van der Waals surface area contributed by atoms with E-state index in [1.165, 1.54) is 98.4 Å². The number of benzene rings is 10. The van der Waals surface area contributed by atoms with E-state index in [-0.39, 0.29) is 0 Å². The topological polar surface area (TPSA) is 0 Å². The zero-order valence-electron chi connectivity index (χ0n) is 27.5. The van der Waals surface area contributed by atoms with Crippen LogP contribution in [-0.4, -0.2) is 0 Å². The van der Waals surface area contributed by atoms with Crippen LogP contribution in [0.2, 0.25) is 0 Å². The van der Waals surface area contributed by atoms with Gasteiger partial charge in [-0.1, -0.05) is 164 Å². The molecule has 0 amide bonds. The first-order chi connectivity index (χ1) is 24.8. The van der Waals surface area contributed by atoms with Crippen LogP contribution in [0.4, 0.5) is 0 Å². The summed E-state index contributed by atoms with van der Waals surface area (Å²) < 4.78 is 0. The fourth-order valence-electron chi connectivity index (χ4n) is 8.10. The van der Waals surface area contributed by atoms with E-state index in [1.807, 2.05) is 0 Å². The maximum atomic E-state index is 2.43. The largest absolute Gasteiger partial charge is 0.0622 e. The Morgan fingerprint density at radius 1 is 0.200 bits per heavy atom. The highest BCUT2D eigenvalue weighted by Gasteiger charge is 2.19. The van der Waals surface area contributed by atoms with Crippen molar-refractivity contribution >= 4 is 53.9 Å². The number of rotatable bonds is 4. The molecule has 0 atom stereocenters. The molecule has 0 aliphatic rings. The third-order valence-corrected chi connectivity index (χ3v) is 10.4. The zero-order chi connectivity index (χ0) is 33.0. The summed E-state index contributed by atoms with van der Waals surface area (Å²) in [6.45, 7) is 0. The zero-order valence-corrected chi connectivity index (χ0v) is 27.5. The van der Waals surface area contributed by atoms with Crippen molar-refractivity contribution in [1.29, 1.82) is 0 Å². The lowest BCUT2D eigenvalue weighted by Crippen LogP contribution is -1.93. The molecule has 10 aromatic carbocycles. The van der Waals surface area contributed by atoms with E-state index in [4.69, 9.17) is 0 Å². The predicted molar refractivity (Wildman–Crippen MR) is 216 cm³/mol. The highest BCUT2D eigenvalue weighted by Crippen LogP contribution is 2.47. The van der Waals surface area contributed by atoms with Gasteiger partial charge in [0.25, 0.3) is 0 Å². The Labute approximate surface area is 291 Å². The smallest absolute Gasteiger partial charge is 0.00201 e. The normalized spacial score (nSPS) is 11.6.